The Balaban J connectivity index is 1.60. The van der Waals surface area contributed by atoms with Gasteiger partial charge < -0.3 is 5.32 Å². The lowest BCUT2D eigenvalue weighted by Crippen LogP contribution is -2.16. The Morgan fingerprint density at radius 2 is 1.79 bits per heavy atom. The van der Waals surface area contributed by atoms with Crippen LogP contribution in [0, 0.1) is 13.8 Å². The molecule has 4 rings (SSSR count). The van der Waals surface area contributed by atoms with Crippen LogP contribution in [-0.4, -0.2) is 31.4 Å². The maximum Gasteiger partial charge on any atom is 0.234 e. The van der Waals surface area contributed by atoms with Gasteiger partial charge in [0, 0.05) is 23.6 Å². The van der Waals surface area contributed by atoms with Gasteiger partial charge in [-0.25, -0.2) is 0 Å². The van der Waals surface area contributed by atoms with Crippen molar-refractivity contribution in [2.75, 3.05) is 11.1 Å². The molecule has 0 aliphatic carbocycles. The molecule has 0 bridgehead atoms. The van der Waals surface area contributed by atoms with E-state index in [1.807, 2.05) is 34.9 Å². The van der Waals surface area contributed by atoms with Crippen molar-refractivity contribution in [3.05, 3.63) is 83.7 Å². The van der Waals surface area contributed by atoms with E-state index in [-0.39, 0.29) is 11.7 Å². The monoisotopic (exact) mass is 471 g/mol. The van der Waals surface area contributed by atoms with E-state index in [1.165, 1.54) is 22.9 Å². The highest BCUT2D eigenvalue weighted by Crippen LogP contribution is 2.30. The first-order valence-electron chi connectivity index (χ1n) is 11.4. The van der Waals surface area contributed by atoms with Gasteiger partial charge in [-0.3, -0.25) is 14.3 Å². The van der Waals surface area contributed by atoms with E-state index in [0.717, 1.165) is 34.7 Å². The predicted molar refractivity (Wildman–Crippen MR) is 139 cm³/mol. The van der Waals surface area contributed by atoms with Crippen molar-refractivity contribution in [3.63, 3.8) is 0 Å². The standard InChI is InChI=1S/C27H29N5OS/c1-5-18(2)23-8-6-7-9-24(23)29-25(33)17-34-27-31-30-26(21-12-14-28-15-13-21)32(27)22-11-10-19(3)20(4)16-22/h6-16,18H,5,17H2,1-4H3,(H,29,33). The molecule has 4 aromatic rings. The number of carbonyl (C=O) groups is 1. The fraction of sp³-hybridized carbons (Fsp3) is 0.259. The third-order valence-corrected chi connectivity index (χ3v) is 6.96. The molecule has 0 radical (unpaired) electrons. The number of pyridine rings is 1. The molecule has 1 amide bonds. The number of carbonyl (C=O) groups excluding carboxylic acids is 1. The van der Waals surface area contributed by atoms with Gasteiger partial charge in [0.2, 0.25) is 5.91 Å². The molecule has 2 heterocycles. The molecule has 0 spiro atoms. The lowest BCUT2D eigenvalue weighted by molar-refractivity contribution is -0.113. The first-order chi connectivity index (χ1) is 16.5. The van der Waals surface area contributed by atoms with Gasteiger partial charge in [-0.1, -0.05) is 49.9 Å². The number of thioether (sulfide) groups is 1. The van der Waals surface area contributed by atoms with E-state index < -0.39 is 0 Å². The number of aryl methyl sites for hydroxylation is 2. The number of aromatic nitrogens is 4. The molecular formula is C27H29N5OS. The summed E-state index contributed by atoms with van der Waals surface area (Å²) in [5.74, 6) is 1.25. The zero-order valence-electron chi connectivity index (χ0n) is 19.9. The van der Waals surface area contributed by atoms with Crippen molar-refractivity contribution >= 4 is 23.4 Å². The summed E-state index contributed by atoms with van der Waals surface area (Å²) in [6.45, 7) is 8.50. The van der Waals surface area contributed by atoms with Crippen LogP contribution in [0.25, 0.3) is 17.1 Å². The Morgan fingerprint density at radius 3 is 2.53 bits per heavy atom. The number of anilines is 1. The highest BCUT2D eigenvalue weighted by molar-refractivity contribution is 7.99. The predicted octanol–water partition coefficient (Wildman–Crippen LogP) is 6.19. The van der Waals surface area contributed by atoms with E-state index in [1.54, 1.807) is 12.4 Å². The Kier molecular flexibility index (Phi) is 7.43. The molecule has 1 atom stereocenters. The lowest BCUT2D eigenvalue weighted by atomic mass is 9.97. The second-order valence-corrected chi connectivity index (χ2v) is 9.32. The van der Waals surface area contributed by atoms with Gasteiger partial charge in [0.1, 0.15) is 0 Å². The first-order valence-corrected chi connectivity index (χ1v) is 12.4. The van der Waals surface area contributed by atoms with Crippen LogP contribution in [0.5, 0.6) is 0 Å². The van der Waals surface area contributed by atoms with E-state index in [4.69, 9.17) is 0 Å². The van der Waals surface area contributed by atoms with Crippen molar-refractivity contribution < 1.29 is 4.79 Å². The van der Waals surface area contributed by atoms with Crippen LogP contribution in [0.3, 0.4) is 0 Å². The number of nitrogens with one attached hydrogen (secondary N) is 1. The summed E-state index contributed by atoms with van der Waals surface area (Å²) in [5.41, 5.74) is 6.31. The number of nitrogens with zero attached hydrogens (tertiary/aromatic N) is 4. The third-order valence-electron chi connectivity index (χ3n) is 6.03. The van der Waals surface area contributed by atoms with Gasteiger partial charge in [-0.05, 0) is 73.2 Å². The van der Waals surface area contributed by atoms with Gasteiger partial charge in [-0.15, -0.1) is 10.2 Å². The van der Waals surface area contributed by atoms with E-state index in [0.29, 0.717) is 11.1 Å². The molecule has 34 heavy (non-hydrogen) atoms. The van der Waals surface area contributed by atoms with Gasteiger partial charge in [-0.2, -0.15) is 0 Å². The molecule has 2 aromatic carbocycles. The molecule has 1 unspecified atom stereocenters. The molecule has 0 saturated carbocycles. The van der Waals surface area contributed by atoms with Crippen molar-refractivity contribution in [2.24, 2.45) is 0 Å². The second kappa shape index (κ2) is 10.7. The SMILES string of the molecule is CCC(C)c1ccccc1NC(=O)CSc1nnc(-c2ccncc2)n1-c1ccc(C)c(C)c1. The van der Waals surface area contributed by atoms with Crippen LogP contribution < -0.4 is 5.32 Å². The fourth-order valence-corrected chi connectivity index (χ4v) is 4.48. The molecule has 7 heteroatoms. The van der Waals surface area contributed by atoms with Crippen LogP contribution in [0.4, 0.5) is 5.69 Å². The molecule has 1 N–H and O–H groups in total. The maximum absolute atomic E-state index is 12.9. The Labute approximate surface area is 204 Å². The average Bonchev–Trinajstić information content (AvgIpc) is 3.29. The number of hydrogen-bond donors (Lipinski definition) is 1. The summed E-state index contributed by atoms with van der Waals surface area (Å²) >= 11 is 1.38. The van der Waals surface area contributed by atoms with Crippen LogP contribution >= 0.6 is 11.8 Å². The number of para-hydroxylation sites is 1. The lowest BCUT2D eigenvalue weighted by Gasteiger charge is -2.15. The smallest absolute Gasteiger partial charge is 0.234 e. The quantitative estimate of drug-likeness (QED) is 0.310. The van der Waals surface area contributed by atoms with Crippen molar-refractivity contribution in [3.8, 4) is 17.1 Å². The highest BCUT2D eigenvalue weighted by Gasteiger charge is 2.18. The number of rotatable bonds is 8. The van der Waals surface area contributed by atoms with Gasteiger partial charge in [0.25, 0.3) is 0 Å². The minimum Gasteiger partial charge on any atom is -0.325 e. The molecule has 0 aliphatic heterocycles. The van der Waals surface area contributed by atoms with Gasteiger partial charge >= 0.3 is 0 Å². The third kappa shape index (κ3) is 5.20. The summed E-state index contributed by atoms with van der Waals surface area (Å²) in [4.78, 5) is 17.0. The minimum absolute atomic E-state index is 0.0687. The zero-order chi connectivity index (χ0) is 24.1. The molecule has 0 saturated heterocycles. The summed E-state index contributed by atoms with van der Waals surface area (Å²) in [5, 5.41) is 12.6. The van der Waals surface area contributed by atoms with Crippen LogP contribution in [0.2, 0.25) is 0 Å². The summed E-state index contributed by atoms with van der Waals surface area (Å²) < 4.78 is 2.01. The Bertz CT molecular complexity index is 1290. The van der Waals surface area contributed by atoms with Gasteiger partial charge in [0.05, 0.1) is 11.4 Å². The highest BCUT2D eigenvalue weighted by atomic mass is 32.2. The van der Waals surface area contributed by atoms with Crippen LogP contribution in [0.1, 0.15) is 42.9 Å². The largest absolute Gasteiger partial charge is 0.325 e. The number of amides is 1. The van der Waals surface area contributed by atoms with E-state index in [9.17, 15) is 4.79 Å². The van der Waals surface area contributed by atoms with Crippen LogP contribution in [-0.2, 0) is 4.79 Å². The minimum atomic E-state index is -0.0687. The molecule has 0 aliphatic rings. The number of hydrogen-bond acceptors (Lipinski definition) is 5. The molecule has 6 nitrogen and oxygen atoms in total. The van der Waals surface area contributed by atoms with Crippen LogP contribution in [0.15, 0.2) is 72.1 Å². The first kappa shape index (κ1) is 23.7. The molecular weight excluding hydrogens is 442 g/mol. The Hall–Kier alpha value is -3.45. The second-order valence-electron chi connectivity index (χ2n) is 8.38. The fourth-order valence-electron chi connectivity index (χ4n) is 3.73. The normalized spacial score (nSPS) is 11.9. The topological polar surface area (TPSA) is 72.7 Å². The van der Waals surface area contributed by atoms with Crippen molar-refractivity contribution in [1.82, 2.24) is 19.7 Å². The van der Waals surface area contributed by atoms with E-state index >= 15 is 0 Å². The Morgan fingerprint density at radius 1 is 1.03 bits per heavy atom. The van der Waals surface area contributed by atoms with Gasteiger partial charge in [0.15, 0.2) is 11.0 Å². The van der Waals surface area contributed by atoms with E-state index in [2.05, 4.69) is 72.5 Å². The molecule has 174 valence electrons. The van der Waals surface area contributed by atoms with Crippen molar-refractivity contribution in [2.45, 2.75) is 45.2 Å². The summed E-state index contributed by atoms with van der Waals surface area (Å²) in [6.07, 6.45) is 4.49. The zero-order valence-corrected chi connectivity index (χ0v) is 20.8. The summed E-state index contributed by atoms with van der Waals surface area (Å²) in [6, 6.07) is 18.1. The molecule has 0 fully saturated rings. The average molecular weight is 472 g/mol. The maximum atomic E-state index is 12.9. The number of benzene rings is 2. The summed E-state index contributed by atoms with van der Waals surface area (Å²) in [7, 11) is 0. The van der Waals surface area contributed by atoms with Crippen molar-refractivity contribution in [1.29, 1.82) is 0 Å². The molecule has 2 aromatic heterocycles.